The molecule has 0 aliphatic carbocycles. The van der Waals surface area contributed by atoms with Gasteiger partial charge < -0.3 is 4.74 Å². The summed E-state index contributed by atoms with van der Waals surface area (Å²) < 4.78 is 8.07. The Morgan fingerprint density at radius 2 is 1.69 bits per heavy atom. The molecule has 1 unspecified atom stereocenters. The highest BCUT2D eigenvalue weighted by atomic mass is 35.5. The molecule has 0 saturated heterocycles. The zero-order valence-electron chi connectivity index (χ0n) is 16.8. The maximum atomic E-state index is 6.23. The number of rotatable bonds is 5. The number of ether oxygens (including phenoxy) is 1. The van der Waals surface area contributed by atoms with Crippen LogP contribution in [0.4, 0.5) is 0 Å². The van der Waals surface area contributed by atoms with Crippen LogP contribution in [0, 0.1) is 0 Å². The number of nitrogens with zero attached hydrogens (tertiary/aromatic N) is 4. The summed E-state index contributed by atoms with van der Waals surface area (Å²) in [5.74, 6) is 1.67. The van der Waals surface area contributed by atoms with E-state index >= 15 is 0 Å². The first-order valence-corrected chi connectivity index (χ1v) is 12.2. The van der Waals surface area contributed by atoms with E-state index in [-0.39, 0.29) is 5.37 Å². The Balaban J connectivity index is 1.24. The number of hydrogen-bond donors (Lipinski definition) is 0. The van der Waals surface area contributed by atoms with Crippen molar-refractivity contribution in [2.75, 3.05) is 5.01 Å². The number of thioether (sulfide) groups is 2. The third-order valence-electron chi connectivity index (χ3n) is 5.32. The van der Waals surface area contributed by atoms with Crippen LogP contribution in [0.15, 0.2) is 94.5 Å². The van der Waals surface area contributed by atoms with E-state index in [0.717, 1.165) is 32.9 Å². The van der Waals surface area contributed by atoms with Crippen molar-refractivity contribution in [3.05, 3.63) is 105 Å². The van der Waals surface area contributed by atoms with Crippen molar-refractivity contribution in [1.82, 2.24) is 14.9 Å². The summed E-state index contributed by atoms with van der Waals surface area (Å²) >= 11 is 9.67. The zero-order chi connectivity index (χ0) is 21.5. The fraction of sp³-hybridized carbons (Fsp3) is 0.0833. The molecule has 0 radical (unpaired) electrons. The minimum absolute atomic E-state index is 0.106. The highest BCUT2D eigenvalue weighted by Gasteiger charge is 2.39. The van der Waals surface area contributed by atoms with Gasteiger partial charge in [-0.05, 0) is 35.5 Å². The molecule has 0 N–H and O–H groups in total. The molecule has 1 aromatic heterocycles. The largest absolute Gasteiger partial charge is 0.489 e. The van der Waals surface area contributed by atoms with E-state index in [4.69, 9.17) is 16.3 Å². The van der Waals surface area contributed by atoms with E-state index in [1.165, 1.54) is 10.6 Å². The summed E-state index contributed by atoms with van der Waals surface area (Å²) in [4.78, 5) is 0. The molecule has 8 heteroatoms. The molecule has 5 nitrogen and oxygen atoms in total. The Morgan fingerprint density at radius 3 is 2.50 bits per heavy atom. The first kappa shape index (κ1) is 19.8. The van der Waals surface area contributed by atoms with E-state index in [0.29, 0.717) is 6.61 Å². The second-order valence-corrected chi connectivity index (χ2v) is 9.67. The number of hydrogen-bond acceptors (Lipinski definition) is 6. The minimum atomic E-state index is 0.106. The summed E-state index contributed by atoms with van der Waals surface area (Å²) in [5.41, 5.74) is 3.21. The van der Waals surface area contributed by atoms with Gasteiger partial charge in [0.1, 0.15) is 22.8 Å². The first-order chi connectivity index (χ1) is 15.8. The number of halogens is 1. The molecule has 0 spiro atoms. The molecular weight excluding hydrogens is 460 g/mol. The standard InChI is InChI=1S/C24H17ClN4OS2/c25-20-9-5-4-8-18(20)14-30-19-12-10-17(11-13-19)23-28-21(15-31-23)32-24-27-26-22(29(24)28)16-6-2-1-3-7-16/h1-13,15,23H,14H2. The summed E-state index contributed by atoms with van der Waals surface area (Å²) in [6.07, 6.45) is 0. The van der Waals surface area contributed by atoms with Crippen LogP contribution >= 0.6 is 35.1 Å². The highest BCUT2D eigenvalue weighted by molar-refractivity contribution is 8.07. The molecule has 0 bridgehead atoms. The third kappa shape index (κ3) is 3.46. The fourth-order valence-electron chi connectivity index (χ4n) is 3.73. The Bertz CT molecular complexity index is 1310. The van der Waals surface area contributed by atoms with Crippen LogP contribution in [0.3, 0.4) is 0 Å². The summed E-state index contributed by atoms with van der Waals surface area (Å²) in [5, 5.41) is 16.2. The van der Waals surface area contributed by atoms with E-state index in [9.17, 15) is 0 Å². The van der Waals surface area contributed by atoms with Gasteiger partial charge >= 0.3 is 0 Å². The predicted octanol–water partition coefficient (Wildman–Crippen LogP) is 6.47. The average Bonchev–Trinajstić information content (AvgIpc) is 3.51. The van der Waals surface area contributed by atoms with Gasteiger partial charge in [0, 0.05) is 21.6 Å². The van der Waals surface area contributed by atoms with Crippen molar-refractivity contribution in [3.8, 4) is 17.1 Å². The van der Waals surface area contributed by atoms with Gasteiger partial charge in [0.15, 0.2) is 5.82 Å². The lowest BCUT2D eigenvalue weighted by atomic mass is 10.2. The van der Waals surface area contributed by atoms with Gasteiger partial charge in [-0.1, -0.05) is 84.0 Å². The Hall–Kier alpha value is -2.87. The molecule has 4 aromatic rings. The molecule has 1 atom stereocenters. The smallest absolute Gasteiger partial charge is 0.217 e. The molecule has 0 fully saturated rings. The molecule has 3 aromatic carbocycles. The number of aromatic nitrogens is 3. The molecule has 158 valence electrons. The Kier molecular flexibility index (Phi) is 5.09. The van der Waals surface area contributed by atoms with Gasteiger partial charge in [-0.2, -0.15) is 0 Å². The maximum Gasteiger partial charge on any atom is 0.217 e. The summed E-state index contributed by atoms with van der Waals surface area (Å²) in [6.45, 7) is 0.441. The minimum Gasteiger partial charge on any atom is -0.489 e. The van der Waals surface area contributed by atoms with Crippen LogP contribution in [0.25, 0.3) is 11.4 Å². The monoisotopic (exact) mass is 476 g/mol. The van der Waals surface area contributed by atoms with Crippen molar-refractivity contribution in [2.24, 2.45) is 0 Å². The molecule has 2 aliphatic rings. The number of fused-ring (bicyclic) bond motifs is 3. The molecule has 6 rings (SSSR count). The Labute approximate surface area is 199 Å². The lowest BCUT2D eigenvalue weighted by Crippen LogP contribution is -2.29. The van der Waals surface area contributed by atoms with Crippen molar-refractivity contribution in [2.45, 2.75) is 17.1 Å². The van der Waals surface area contributed by atoms with Crippen LogP contribution in [0.5, 0.6) is 5.75 Å². The lowest BCUT2D eigenvalue weighted by molar-refractivity contribution is 0.306. The zero-order valence-corrected chi connectivity index (χ0v) is 19.1. The quantitative estimate of drug-likeness (QED) is 0.329. The Morgan fingerprint density at radius 1 is 0.906 bits per heavy atom. The van der Waals surface area contributed by atoms with Crippen molar-refractivity contribution >= 4 is 35.1 Å². The molecule has 0 saturated carbocycles. The average molecular weight is 477 g/mol. The van der Waals surface area contributed by atoms with Crippen molar-refractivity contribution < 1.29 is 4.74 Å². The van der Waals surface area contributed by atoms with E-state index in [1.807, 2.05) is 54.6 Å². The summed E-state index contributed by atoms with van der Waals surface area (Å²) in [6, 6.07) is 26.2. The van der Waals surface area contributed by atoms with Gasteiger partial charge in [-0.25, -0.2) is 4.68 Å². The van der Waals surface area contributed by atoms with Gasteiger partial charge in [0.05, 0.1) is 0 Å². The van der Waals surface area contributed by atoms with Crippen LogP contribution in [0.1, 0.15) is 16.5 Å². The van der Waals surface area contributed by atoms with E-state index in [1.54, 1.807) is 23.5 Å². The molecule has 32 heavy (non-hydrogen) atoms. The van der Waals surface area contributed by atoms with Gasteiger partial charge in [-0.3, -0.25) is 5.01 Å². The third-order valence-corrected chi connectivity index (χ3v) is 7.88. The van der Waals surface area contributed by atoms with Gasteiger partial charge in [-0.15, -0.1) is 10.2 Å². The van der Waals surface area contributed by atoms with Crippen molar-refractivity contribution in [3.63, 3.8) is 0 Å². The van der Waals surface area contributed by atoms with E-state index in [2.05, 4.69) is 49.6 Å². The second-order valence-electron chi connectivity index (χ2n) is 7.32. The van der Waals surface area contributed by atoms with Gasteiger partial charge in [0.25, 0.3) is 0 Å². The van der Waals surface area contributed by atoms with Crippen LogP contribution in [0.2, 0.25) is 5.02 Å². The normalized spacial score (nSPS) is 16.6. The highest BCUT2D eigenvalue weighted by Crippen LogP contribution is 2.52. The molecular formula is C24H17ClN4OS2. The van der Waals surface area contributed by atoms with E-state index < -0.39 is 0 Å². The number of benzene rings is 3. The fourth-order valence-corrected chi connectivity index (χ4v) is 6.15. The van der Waals surface area contributed by atoms with Gasteiger partial charge in [0.2, 0.25) is 5.16 Å². The summed E-state index contributed by atoms with van der Waals surface area (Å²) in [7, 11) is 0. The van der Waals surface area contributed by atoms with Crippen molar-refractivity contribution in [1.29, 1.82) is 0 Å². The van der Waals surface area contributed by atoms with Crippen LogP contribution < -0.4 is 9.75 Å². The maximum absolute atomic E-state index is 6.23. The molecule has 2 aliphatic heterocycles. The molecule has 3 heterocycles. The van der Waals surface area contributed by atoms with Crippen LogP contribution in [-0.4, -0.2) is 14.9 Å². The topological polar surface area (TPSA) is 43.2 Å². The SMILES string of the molecule is Clc1ccccc1COc1ccc(C2SC=C3Sc4nnc(-c5ccccc5)n4N32)cc1. The molecule has 0 amide bonds. The predicted molar refractivity (Wildman–Crippen MR) is 130 cm³/mol. The van der Waals surface area contributed by atoms with Crippen LogP contribution in [-0.2, 0) is 6.61 Å². The lowest BCUT2D eigenvalue weighted by Gasteiger charge is -2.26. The first-order valence-electron chi connectivity index (χ1n) is 10.1. The second kappa shape index (κ2) is 8.24.